The van der Waals surface area contributed by atoms with Crippen molar-refractivity contribution < 1.29 is 14.3 Å². The number of rotatable bonds is 4. The summed E-state index contributed by atoms with van der Waals surface area (Å²) in [6.07, 6.45) is 0.516. The molecule has 1 fully saturated rings. The van der Waals surface area contributed by atoms with Crippen molar-refractivity contribution in [3.05, 3.63) is 35.1 Å². The normalized spacial score (nSPS) is 22.9. The Hall–Kier alpha value is -1.46. The zero-order valence-electron chi connectivity index (χ0n) is 11.2. The molecule has 1 saturated heterocycles. The Morgan fingerprint density at radius 3 is 2.79 bits per heavy atom. The van der Waals surface area contributed by atoms with Crippen LogP contribution in [0, 0.1) is 11.7 Å². The molecule has 1 heterocycles. The number of benzene rings is 1. The van der Waals surface area contributed by atoms with Crippen molar-refractivity contribution in [1.29, 1.82) is 0 Å². The molecule has 19 heavy (non-hydrogen) atoms. The third-order valence-electron chi connectivity index (χ3n) is 3.45. The molecule has 1 aromatic rings. The monoisotopic (exact) mass is 266 g/mol. The zero-order chi connectivity index (χ0) is 14.0. The molecule has 0 saturated carbocycles. The van der Waals surface area contributed by atoms with Gasteiger partial charge in [0.05, 0.1) is 5.92 Å². The van der Waals surface area contributed by atoms with E-state index in [0.717, 1.165) is 5.56 Å². The maximum atomic E-state index is 13.9. The third kappa shape index (κ3) is 3.30. The lowest BCUT2D eigenvalue weighted by Crippen LogP contribution is -2.17. The lowest BCUT2D eigenvalue weighted by molar-refractivity contribution is -0.141. The zero-order valence-corrected chi connectivity index (χ0v) is 11.2. The minimum atomic E-state index is -0.792. The van der Waals surface area contributed by atoms with Crippen LogP contribution in [0.15, 0.2) is 18.2 Å². The summed E-state index contributed by atoms with van der Waals surface area (Å²) in [5, 5.41) is 12.1. The first-order chi connectivity index (χ1) is 8.97. The van der Waals surface area contributed by atoms with Gasteiger partial charge in [0.2, 0.25) is 0 Å². The second-order valence-electron chi connectivity index (χ2n) is 5.32. The number of halogens is 1. The minimum absolute atomic E-state index is 0.0657. The average Bonchev–Trinajstić information content (AvgIpc) is 2.80. The first kappa shape index (κ1) is 14.0. The molecule has 2 atom stereocenters. The van der Waals surface area contributed by atoms with Crippen molar-refractivity contribution in [2.45, 2.75) is 19.0 Å². The van der Waals surface area contributed by atoms with E-state index in [-0.39, 0.29) is 17.8 Å². The second-order valence-corrected chi connectivity index (χ2v) is 5.32. The lowest BCUT2D eigenvalue weighted by Gasteiger charge is -2.14. The fraction of sp³-hybridized carbons (Fsp3) is 0.500. The van der Waals surface area contributed by atoms with Crippen LogP contribution in [0.1, 0.15) is 23.6 Å². The molecule has 0 aliphatic carbocycles. The van der Waals surface area contributed by atoms with Crippen molar-refractivity contribution >= 4 is 5.97 Å². The van der Waals surface area contributed by atoms with Gasteiger partial charge in [-0.15, -0.1) is 0 Å². The number of nitrogens with zero attached hydrogens (tertiary/aromatic N) is 1. The Kier molecular flexibility index (Phi) is 4.17. The van der Waals surface area contributed by atoms with Gasteiger partial charge >= 0.3 is 5.97 Å². The van der Waals surface area contributed by atoms with Crippen LogP contribution < -0.4 is 5.32 Å². The van der Waals surface area contributed by atoms with E-state index in [1.807, 2.05) is 25.1 Å². The molecule has 1 aliphatic rings. The Morgan fingerprint density at radius 1 is 1.53 bits per heavy atom. The van der Waals surface area contributed by atoms with Gasteiger partial charge in [0, 0.05) is 24.7 Å². The van der Waals surface area contributed by atoms with Crippen LogP contribution >= 0.6 is 0 Å². The summed E-state index contributed by atoms with van der Waals surface area (Å²) < 4.78 is 13.9. The molecule has 0 radical (unpaired) electrons. The largest absolute Gasteiger partial charge is 0.481 e. The van der Waals surface area contributed by atoms with E-state index < -0.39 is 5.97 Å². The summed E-state index contributed by atoms with van der Waals surface area (Å²) in [6, 6.07) is 5.11. The predicted molar refractivity (Wildman–Crippen MR) is 70.3 cm³/mol. The molecule has 104 valence electrons. The van der Waals surface area contributed by atoms with Gasteiger partial charge < -0.3 is 15.3 Å². The number of nitrogens with one attached hydrogen (secondary N) is 1. The SMILES string of the molecule is CN(C)Cc1ccc(C2CC(C(=O)O)CN2)cc1F. The first-order valence-electron chi connectivity index (χ1n) is 6.36. The minimum Gasteiger partial charge on any atom is -0.481 e. The van der Waals surface area contributed by atoms with Gasteiger partial charge in [-0.2, -0.15) is 0 Å². The van der Waals surface area contributed by atoms with Crippen molar-refractivity contribution in [3.8, 4) is 0 Å². The van der Waals surface area contributed by atoms with Gasteiger partial charge in [-0.25, -0.2) is 4.39 Å². The molecule has 0 amide bonds. The molecule has 4 nitrogen and oxygen atoms in total. The van der Waals surface area contributed by atoms with Gasteiger partial charge in [-0.1, -0.05) is 12.1 Å². The highest BCUT2D eigenvalue weighted by Gasteiger charge is 2.30. The second kappa shape index (κ2) is 5.67. The lowest BCUT2D eigenvalue weighted by atomic mass is 9.99. The Morgan fingerprint density at radius 2 is 2.26 bits per heavy atom. The van der Waals surface area contributed by atoms with Crippen molar-refractivity contribution in [2.75, 3.05) is 20.6 Å². The fourth-order valence-corrected chi connectivity index (χ4v) is 2.43. The van der Waals surface area contributed by atoms with Gasteiger partial charge in [-0.05, 0) is 32.1 Å². The van der Waals surface area contributed by atoms with E-state index in [1.54, 1.807) is 6.07 Å². The Bertz CT molecular complexity index is 477. The van der Waals surface area contributed by atoms with Crippen LogP contribution in [0.2, 0.25) is 0 Å². The number of hydrogen-bond donors (Lipinski definition) is 2. The van der Waals surface area contributed by atoms with Crippen LogP contribution in [0.25, 0.3) is 0 Å². The van der Waals surface area contributed by atoms with E-state index in [2.05, 4.69) is 5.32 Å². The maximum absolute atomic E-state index is 13.9. The summed E-state index contributed by atoms with van der Waals surface area (Å²) in [5.74, 6) is -1.40. The molecule has 0 spiro atoms. The summed E-state index contributed by atoms with van der Waals surface area (Å²) in [5.41, 5.74) is 1.48. The molecule has 0 bridgehead atoms. The third-order valence-corrected chi connectivity index (χ3v) is 3.45. The van der Waals surface area contributed by atoms with Crippen LogP contribution in [0.5, 0.6) is 0 Å². The highest BCUT2D eigenvalue weighted by molar-refractivity contribution is 5.70. The molecular weight excluding hydrogens is 247 g/mol. The molecule has 1 aliphatic heterocycles. The first-order valence-corrected chi connectivity index (χ1v) is 6.36. The highest BCUT2D eigenvalue weighted by Crippen LogP contribution is 2.28. The van der Waals surface area contributed by atoms with Crippen LogP contribution in [-0.4, -0.2) is 36.6 Å². The van der Waals surface area contributed by atoms with Gasteiger partial charge in [-0.3, -0.25) is 4.79 Å². The number of hydrogen-bond acceptors (Lipinski definition) is 3. The molecule has 2 rings (SSSR count). The van der Waals surface area contributed by atoms with E-state index in [4.69, 9.17) is 5.11 Å². The average molecular weight is 266 g/mol. The molecule has 2 N–H and O–H groups in total. The molecule has 1 aromatic carbocycles. The predicted octanol–water partition coefficient (Wildman–Crippen LogP) is 1.62. The van der Waals surface area contributed by atoms with Crippen molar-refractivity contribution in [2.24, 2.45) is 5.92 Å². The Labute approximate surface area is 112 Å². The summed E-state index contributed by atoms with van der Waals surface area (Å²) in [6.45, 7) is 1.00. The van der Waals surface area contributed by atoms with Gasteiger partial charge in [0.15, 0.2) is 0 Å². The van der Waals surface area contributed by atoms with Crippen LogP contribution in [-0.2, 0) is 11.3 Å². The quantitative estimate of drug-likeness (QED) is 0.869. The number of carbonyl (C=O) groups is 1. The van der Waals surface area contributed by atoms with Crippen LogP contribution in [0.4, 0.5) is 4.39 Å². The van der Waals surface area contributed by atoms with Gasteiger partial charge in [0.1, 0.15) is 5.82 Å². The number of carboxylic acids is 1. The van der Waals surface area contributed by atoms with Crippen molar-refractivity contribution in [1.82, 2.24) is 10.2 Å². The smallest absolute Gasteiger partial charge is 0.307 e. The topological polar surface area (TPSA) is 52.6 Å². The Balaban J connectivity index is 2.10. The maximum Gasteiger partial charge on any atom is 0.307 e. The van der Waals surface area contributed by atoms with E-state index in [1.165, 1.54) is 6.07 Å². The standard InChI is InChI=1S/C14H19FN2O2/c1-17(2)8-10-4-3-9(5-12(10)15)13-6-11(7-16-13)14(18)19/h3-5,11,13,16H,6-8H2,1-2H3,(H,18,19). The molecule has 2 unspecified atom stereocenters. The summed E-state index contributed by atoms with van der Waals surface area (Å²) >= 11 is 0. The van der Waals surface area contributed by atoms with E-state index in [0.29, 0.717) is 25.1 Å². The number of carboxylic acid groups (broad SMARTS) is 1. The number of aliphatic carboxylic acids is 1. The van der Waals surface area contributed by atoms with E-state index in [9.17, 15) is 9.18 Å². The van der Waals surface area contributed by atoms with Crippen LogP contribution in [0.3, 0.4) is 0 Å². The fourth-order valence-electron chi connectivity index (χ4n) is 2.43. The molecular formula is C14H19FN2O2. The highest BCUT2D eigenvalue weighted by atomic mass is 19.1. The molecule has 0 aromatic heterocycles. The summed E-state index contributed by atoms with van der Waals surface area (Å²) in [7, 11) is 3.78. The summed E-state index contributed by atoms with van der Waals surface area (Å²) in [4.78, 5) is 12.8. The van der Waals surface area contributed by atoms with Crippen molar-refractivity contribution in [3.63, 3.8) is 0 Å². The van der Waals surface area contributed by atoms with Gasteiger partial charge in [0.25, 0.3) is 0 Å². The van der Waals surface area contributed by atoms with E-state index >= 15 is 0 Å². The molecule has 5 heteroatoms.